The van der Waals surface area contributed by atoms with Gasteiger partial charge in [-0.15, -0.1) is 13.2 Å². The lowest BCUT2D eigenvalue weighted by Gasteiger charge is -2.31. The molecule has 0 N–H and O–H groups in total. The van der Waals surface area contributed by atoms with E-state index in [0.29, 0.717) is 37.4 Å². The zero-order valence-corrected chi connectivity index (χ0v) is 24.6. The van der Waals surface area contributed by atoms with Crippen LogP contribution in [0.5, 0.6) is 5.75 Å². The third kappa shape index (κ3) is 5.52. The molecule has 9 nitrogen and oxygen atoms in total. The summed E-state index contributed by atoms with van der Waals surface area (Å²) >= 11 is 1.08. The molecule has 16 heteroatoms. The molecule has 46 heavy (non-hydrogen) atoms. The Morgan fingerprint density at radius 2 is 1.80 bits per heavy atom. The third-order valence-electron chi connectivity index (χ3n) is 8.43. The SMILES string of the molecule is COC(=O)c1cc(OC(F)(F)F)c2nc(N3C[C@@H]4C[C@H]3C[C@@H]4OC(=O)c3c(-c4ccccc4C(F)(F)F)noc3C3CC3)sc2c1. The van der Waals surface area contributed by atoms with Gasteiger partial charge in [0.1, 0.15) is 22.9 Å². The fourth-order valence-electron chi connectivity index (χ4n) is 6.27. The number of fused-ring (bicyclic) bond motifs is 3. The molecule has 1 aliphatic heterocycles. The Morgan fingerprint density at radius 3 is 2.46 bits per heavy atom. The Hall–Kier alpha value is -4.34. The lowest BCUT2D eigenvalue weighted by Crippen LogP contribution is -2.39. The minimum Gasteiger partial charge on any atom is -0.465 e. The minimum absolute atomic E-state index is 0.0672. The molecule has 242 valence electrons. The number of hydrogen-bond acceptors (Lipinski definition) is 10. The molecule has 3 heterocycles. The summed E-state index contributed by atoms with van der Waals surface area (Å²) in [6, 6.07) is 6.96. The van der Waals surface area contributed by atoms with Crippen molar-refractivity contribution in [3.8, 4) is 17.0 Å². The number of benzene rings is 2. The molecule has 2 aromatic heterocycles. The number of ether oxygens (including phenoxy) is 3. The average Bonchev–Trinajstić information content (AvgIpc) is 3.33. The highest BCUT2D eigenvalue weighted by Crippen LogP contribution is 2.48. The molecule has 2 aromatic carbocycles. The number of aromatic nitrogens is 2. The summed E-state index contributed by atoms with van der Waals surface area (Å²) in [6.45, 7) is 0.366. The Bertz CT molecular complexity index is 1850. The van der Waals surface area contributed by atoms with Crippen molar-refractivity contribution in [3.63, 3.8) is 0 Å². The van der Waals surface area contributed by atoms with Crippen molar-refractivity contribution in [3.05, 3.63) is 58.8 Å². The first-order valence-electron chi connectivity index (χ1n) is 14.2. The van der Waals surface area contributed by atoms with Crippen LogP contribution in [0.4, 0.5) is 31.5 Å². The molecule has 3 fully saturated rings. The molecule has 0 spiro atoms. The van der Waals surface area contributed by atoms with Crippen molar-refractivity contribution in [1.82, 2.24) is 10.1 Å². The smallest absolute Gasteiger partial charge is 0.465 e. The molecule has 2 saturated carbocycles. The molecule has 1 saturated heterocycles. The number of hydrogen-bond donors (Lipinski definition) is 0. The number of carbonyl (C=O) groups excluding carboxylic acids is 2. The first kappa shape index (κ1) is 30.3. The van der Waals surface area contributed by atoms with E-state index in [1.54, 1.807) is 0 Å². The predicted molar refractivity (Wildman–Crippen MR) is 150 cm³/mol. The van der Waals surface area contributed by atoms with Crippen LogP contribution in [-0.4, -0.2) is 54.2 Å². The van der Waals surface area contributed by atoms with E-state index in [1.165, 1.54) is 24.3 Å². The molecule has 4 aromatic rings. The van der Waals surface area contributed by atoms with Crippen LogP contribution in [0.1, 0.15) is 63.6 Å². The van der Waals surface area contributed by atoms with Gasteiger partial charge in [0.25, 0.3) is 0 Å². The summed E-state index contributed by atoms with van der Waals surface area (Å²) in [7, 11) is 1.11. The highest BCUT2D eigenvalue weighted by molar-refractivity contribution is 7.22. The number of rotatable bonds is 7. The molecule has 2 aliphatic carbocycles. The maximum atomic E-state index is 13.8. The standard InChI is InChI=1S/C30H23F6N3O6S/c1-42-26(40)14-9-20(44-30(34,35)36)24-21(10-14)46-28(37-24)39-12-15-8-16(39)11-19(15)43-27(41)22-23(38-45-25(22)13-6-7-13)17-4-2-3-5-18(17)29(31,32)33/h2-5,9-10,13,15-16,19H,6-8,11-12H2,1H3/t15-,16-,19-/m0/s1. The summed E-state index contributed by atoms with van der Waals surface area (Å²) < 4.78 is 101. The third-order valence-corrected chi connectivity index (χ3v) is 9.47. The van der Waals surface area contributed by atoms with Gasteiger partial charge in [0.15, 0.2) is 16.6 Å². The molecule has 0 unspecified atom stereocenters. The number of thiazole rings is 1. The number of esters is 2. The summed E-state index contributed by atoms with van der Waals surface area (Å²) in [5.74, 6) is -2.39. The van der Waals surface area contributed by atoms with E-state index in [-0.39, 0.29) is 56.2 Å². The number of piperidine rings is 1. The first-order valence-corrected chi connectivity index (χ1v) is 15.0. The Morgan fingerprint density at radius 1 is 1.04 bits per heavy atom. The van der Waals surface area contributed by atoms with Crippen molar-refractivity contribution < 1.29 is 54.7 Å². The van der Waals surface area contributed by atoms with Crippen LogP contribution < -0.4 is 9.64 Å². The van der Waals surface area contributed by atoms with Crippen LogP contribution in [0.15, 0.2) is 40.9 Å². The van der Waals surface area contributed by atoms with Crippen LogP contribution in [0.2, 0.25) is 0 Å². The summed E-state index contributed by atoms with van der Waals surface area (Å²) in [6.07, 6.45) is -7.90. The Kier molecular flexibility index (Phi) is 7.17. The fourth-order valence-corrected chi connectivity index (χ4v) is 7.38. The molecule has 7 rings (SSSR count). The molecule has 3 atom stereocenters. The van der Waals surface area contributed by atoms with Crippen LogP contribution in [0.3, 0.4) is 0 Å². The van der Waals surface area contributed by atoms with Crippen molar-refractivity contribution >= 4 is 38.6 Å². The zero-order chi connectivity index (χ0) is 32.5. The van der Waals surface area contributed by atoms with E-state index in [0.717, 1.165) is 30.6 Å². The van der Waals surface area contributed by atoms with E-state index in [1.807, 2.05) is 4.90 Å². The monoisotopic (exact) mass is 667 g/mol. The normalized spacial score (nSPS) is 21.2. The molecule has 0 radical (unpaired) electrons. The maximum Gasteiger partial charge on any atom is 0.573 e. The first-order chi connectivity index (χ1) is 21.8. The van der Waals surface area contributed by atoms with Gasteiger partial charge >= 0.3 is 24.5 Å². The number of alkyl halides is 6. The predicted octanol–water partition coefficient (Wildman–Crippen LogP) is 7.36. The lowest BCUT2D eigenvalue weighted by atomic mass is 9.99. The Balaban J connectivity index is 1.13. The topological polar surface area (TPSA) is 104 Å². The molecule has 3 aliphatic rings. The van der Waals surface area contributed by atoms with Crippen molar-refractivity contribution in [1.29, 1.82) is 0 Å². The molecular weight excluding hydrogens is 644 g/mol. The maximum absolute atomic E-state index is 13.8. The fraction of sp³-hybridized carbons (Fsp3) is 0.400. The van der Waals surface area contributed by atoms with Gasteiger partial charge in [-0.3, -0.25) is 0 Å². The lowest BCUT2D eigenvalue weighted by molar-refractivity contribution is -0.274. The van der Waals surface area contributed by atoms with E-state index in [9.17, 15) is 35.9 Å². The average molecular weight is 668 g/mol. The van der Waals surface area contributed by atoms with Crippen LogP contribution >= 0.6 is 11.3 Å². The Labute approximate surface area is 260 Å². The van der Waals surface area contributed by atoms with Gasteiger partial charge in [-0.25, -0.2) is 14.6 Å². The quantitative estimate of drug-likeness (QED) is 0.148. The van der Waals surface area contributed by atoms with Crippen molar-refractivity contribution in [2.24, 2.45) is 5.92 Å². The van der Waals surface area contributed by atoms with Gasteiger partial charge in [-0.2, -0.15) is 13.2 Å². The van der Waals surface area contributed by atoms with Crippen LogP contribution in [0.25, 0.3) is 21.5 Å². The highest BCUT2D eigenvalue weighted by atomic mass is 32.1. The van der Waals surface area contributed by atoms with Crippen molar-refractivity contribution in [2.45, 2.75) is 56.3 Å². The van der Waals surface area contributed by atoms with Gasteiger partial charge in [0.05, 0.1) is 22.9 Å². The minimum atomic E-state index is -5.02. The summed E-state index contributed by atoms with van der Waals surface area (Å²) in [5.41, 5.74) is -1.75. The zero-order valence-electron chi connectivity index (χ0n) is 23.8. The molecule has 0 amide bonds. The molecular formula is C30H23F6N3O6S. The van der Waals surface area contributed by atoms with E-state index in [4.69, 9.17) is 9.26 Å². The number of nitrogens with zero attached hydrogens (tertiary/aromatic N) is 3. The second-order valence-corrected chi connectivity index (χ2v) is 12.4. The van der Waals surface area contributed by atoms with Gasteiger partial charge < -0.3 is 23.6 Å². The van der Waals surface area contributed by atoms with E-state index in [2.05, 4.69) is 19.6 Å². The van der Waals surface area contributed by atoms with Gasteiger partial charge in [-0.1, -0.05) is 34.7 Å². The summed E-state index contributed by atoms with van der Waals surface area (Å²) in [4.78, 5) is 32.0. The molecule has 2 bridgehead atoms. The van der Waals surface area contributed by atoms with E-state index < -0.39 is 41.9 Å². The summed E-state index contributed by atoms with van der Waals surface area (Å²) in [5, 5.41) is 4.29. The second kappa shape index (κ2) is 10.9. The number of methoxy groups -OCH3 is 1. The second-order valence-electron chi connectivity index (χ2n) is 11.4. The van der Waals surface area contributed by atoms with Gasteiger partial charge in [0.2, 0.25) is 0 Å². The van der Waals surface area contributed by atoms with E-state index >= 15 is 0 Å². The van der Waals surface area contributed by atoms with Gasteiger partial charge in [0, 0.05) is 36.4 Å². The largest absolute Gasteiger partial charge is 0.573 e. The van der Waals surface area contributed by atoms with Crippen LogP contribution in [0, 0.1) is 5.92 Å². The highest BCUT2D eigenvalue weighted by Gasteiger charge is 2.49. The number of halogens is 6. The number of anilines is 1. The van der Waals surface area contributed by atoms with Gasteiger partial charge in [-0.05, 0) is 37.5 Å². The van der Waals surface area contributed by atoms with Crippen LogP contribution in [-0.2, 0) is 15.7 Å². The van der Waals surface area contributed by atoms with Crippen molar-refractivity contribution in [2.75, 3.05) is 18.6 Å². The number of carbonyl (C=O) groups is 2.